The van der Waals surface area contributed by atoms with E-state index in [1.165, 1.54) is 19.3 Å². The molecule has 1 aliphatic rings. The summed E-state index contributed by atoms with van der Waals surface area (Å²) in [6, 6.07) is 0.826. The molecule has 1 fully saturated rings. The van der Waals surface area contributed by atoms with Gasteiger partial charge in [0.15, 0.2) is 0 Å². The molecule has 0 heterocycles. The Balaban J connectivity index is 2.11. The molecular weight excluding hydrogens is 212 g/mol. The minimum absolute atomic E-state index is 0.139. The first-order valence-electron chi connectivity index (χ1n) is 7.18. The SMILES string of the molecule is CCCC(C)NC(=O)CNC(CC)CC1CC1. The third-order valence-corrected chi connectivity index (χ3v) is 3.49. The molecule has 0 aliphatic heterocycles. The fourth-order valence-electron chi connectivity index (χ4n) is 2.22. The van der Waals surface area contributed by atoms with E-state index in [4.69, 9.17) is 0 Å². The van der Waals surface area contributed by atoms with E-state index >= 15 is 0 Å². The molecule has 0 saturated heterocycles. The van der Waals surface area contributed by atoms with Gasteiger partial charge in [0.1, 0.15) is 0 Å². The van der Waals surface area contributed by atoms with E-state index in [0.29, 0.717) is 18.6 Å². The molecule has 0 radical (unpaired) electrons. The highest BCUT2D eigenvalue weighted by atomic mass is 16.1. The summed E-state index contributed by atoms with van der Waals surface area (Å²) in [5.74, 6) is 1.06. The van der Waals surface area contributed by atoms with E-state index in [2.05, 4.69) is 31.4 Å². The van der Waals surface area contributed by atoms with Crippen LogP contribution < -0.4 is 10.6 Å². The average Bonchev–Trinajstić information content (AvgIpc) is 3.08. The molecule has 2 N–H and O–H groups in total. The Morgan fingerprint density at radius 3 is 2.59 bits per heavy atom. The van der Waals surface area contributed by atoms with Crippen molar-refractivity contribution in [1.29, 1.82) is 0 Å². The highest BCUT2D eigenvalue weighted by molar-refractivity contribution is 5.78. The normalized spacial score (nSPS) is 18.8. The maximum atomic E-state index is 11.7. The number of carbonyl (C=O) groups excluding carboxylic acids is 1. The zero-order valence-corrected chi connectivity index (χ0v) is 11.6. The van der Waals surface area contributed by atoms with E-state index in [9.17, 15) is 4.79 Å². The van der Waals surface area contributed by atoms with Gasteiger partial charge in [-0.25, -0.2) is 0 Å². The molecule has 3 heteroatoms. The smallest absolute Gasteiger partial charge is 0.234 e. The van der Waals surface area contributed by atoms with Crippen molar-refractivity contribution in [1.82, 2.24) is 10.6 Å². The van der Waals surface area contributed by atoms with Crippen LogP contribution in [0.1, 0.15) is 59.3 Å². The minimum atomic E-state index is 0.139. The fourth-order valence-corrected chi connectivity index (χ4v) is 2.22. The Morgan fingerprint density at radius 1 is 1.35 bits per heavy atom. The molecule has 3 nitrogen and oxygen atoms in total. The van der Waals surface area contributed by atoms with Crippen molar-refractivity contribution in [2.75, 3.05) is 6.54 Å². The molecule has 1 rings (SSSR count). The van der Waals surface area contributed by atoms with Crippen LogP contribution in [-0.2, 0) is 4.79 Å². The molecule has 17 heavy (non-hydrogen) atoms. The van der Waals surface area contributed by atoms with Crippen LogP contribution in [-0.4, -0.2) is 24.5 Å². The molecule has 2 unspecified atom stereocenters. The topological polar surface area (TPSA) is 41.1 Å². The van der Waals surface area contributed by atoms with Crippen LogP contribution in [0.3, 0.4) is 0 Å². The third kappa shape index (κ3) is 6.67. The summed E-state index contributed by atoms with van der Waals surface area (Å²) >= 11 is 0. The molecule has 100 valence electrons. The lowest BCUT2D eigenvalue weighted by Crippen LogP contribution is -2.42. The Bertz CT molecular complexity index is 226. The Hall–Kier alpha value is -0.570. The van der Waals surface area contributed by atoms with E-state index in [1.807, 2.05) is 0 Å². The number of carbonyl (C=O) groups is 1. The summed E-state index contributed by atoms with van der Waals surface area (Å²) in [7, 11) is 0. The standard InChI is InChI=1S/C14H28N2O/c1-4-6-11(3)16-14(17)10-15-13(5-2)9-12-7-8-12/h11-13,15H,4-10H2,1-3H3,(H,16,17). The van der Waals surface area contributed by atoms with Gasteiger partial charge in [-0.3, -0.25) is 4.79 Å². The van der Waals surface area contributed by atoms with E-state index < -0.39 is 0 Å². The number of hydrogen-bond donors (Lipinski definition) is 2. The molecule has 0 bridgehead atoms. The maximum Gasteiger partial charge on any atom is 0.234 e. The first-order chi connectivity index (χ1) is 8.15. The van der Waals surface area contributed by atoms with Gasteiger partial charge in [0.05, 0.1) is 6.54 Å². The van der Waals surface area contributed by atoms with Crippen LogP contribution >= 0.6 is 0 Å². The predicted octanol–water partition coefficient (Wildman–Crippen LogP) is 2.46. The zero-order chi connectivity index (χ0) is 12.7. The number of rotatable bonds is 9. The molecule has 1 amide bonds. The maximum absolute atomic E-state index is 11.7. The van der Waals surface area contributed by atoms with Gasteiger partial charge in [0.25, 0.3) is 0 Å². The second-order valence-electron chi connectivity index (χ2n) is 5.42. The Labute approximate surface area is 106 Å². The van der Waals surface area contributed by atoms with Crippen molar-refractivity contribution in [3.63, 3.8) is 0 Å². The quantitative estimate of drug-likeness (QED) is 0.650. The van der Waals surface area contributed by atoms with Gasteiger partial charge in [0, 0.05) is 12.1 Å². The zero-order valence-electron chi connectivity index (χ0n) is 11.6. The average molecular weight is 240 g/mol. The highest BCUT2D eigenvalue weighted by Gasteiger charge is 2.24. The molecule has 1 aliphatic carbocycles. The van der Waals surface area contributed by atoms with Crippen molar-refractivity contribution < 1.29 is 4.79 Å². The monoisotopic (exact) mass is 240 g/mol. The molecule has 0 spiro atoms. The van der Waals surface area contributed by atoms with E-state index in [1.54, 1.807) is 0 Å². The van der Waals surface area contributed by atoms with Gasteiger partial charge < -0.3 is 10.6 Å². The van der Waals surface area contributed by atoms with Crippen LogP contribution in [0, 0.1) is 5.92 Å². The Morgan fingerprint density at radius 2 is 2.06 bits per heavy atom. The van der Waals surface area contributed by atoms with E-state index in [0.717, 1.165) is 25.2 Å². The second kappa shape index (κ2) is 7.70. The number of amides is 1. The molecule has 0 aromatic rings. The van der Waals surface area contributed by atoms with Crippen molar-refractivity contribution in [3.8, 4) is 0 Å². The lowest BCUT2D eigenvalue weighted by atomic mass is 10.1. The molecule has 0 aromatic heterocycles. The van der Waals surface area contributed by atoms with Crippen LogP contribution in [0.2, 0.25) is 0 Å². The van der Waals surface area contributed by atoms with Crippen molar-refractivity contribution in [3.05, 3.63) is 0 Å². The summed E-state index contributed by atoms with van der Waals surface area (Å²) in [5.41, 5.74) is 0. The van der Waals surface area contributed by atoms with Crippen molar-refractivity contribution in [2.45, 2.75) is 71.4 Å². The van der Waals surface area contributed by atoms with Gasteiger partial charge in [0.2, 0.25) is 5.91 Å². The minimum Gasteiger partial charge on any atom is -0.353 e. The lowest BCUT2D eigenvalue weighted by Gasteiger charge is -2.18. The van der Waals surface area contributed by atoms with Crippen LogP contribution in [0.15, 0.2) is 0 Å². The van der Waals surface area contributed by atoms with Crippen molar-refractivity contribution in [2.24, 2.45) is 5.92 Å². The predicted molar refractivity (Wildman–Crippen MR) is 71.9 cm³/mol. The van der Waals surface area contributed by atoms with Crippen LogP contribution in [0.4, 0.5) is 0 Å². The number of hydrogen-bond acceptors (Lipinski definition) is 2. The number of nitrogens with one attached hydrogen (secondary N) is 2. The molecule has 0 aromatic carbocycles. The summed E-state index contributed by atoms with van der Waals surface area (Å²) in [6.07, 6.45) is 7.32. The summed E-state index contributed by atoms with van der Waals surface area (Å²) in [4.78, 5) is 11.7. The molecular formula is C14H28N2O. The Kier molecular flexibility index (Phi) is 6.56. The highest BCUT2D eigenvalue weighted by Crippen LogP contribution is 2.33. The molecule has 1 saturated carbocycles. The third-order valence-electron chi connectivity index (χ3n) is 3.49. The van der Waals surface area contributed by atoms with Gasteiger partial charge >= 0.3 is 0 Å². The van der Waals surface area contributed by atoms with Gasteiger partial charge in [-0.15, -0.1) is 0 Å². The van der Waals surface area contributed by atoms with Gasteiger partial charge in [-0.05, 0) is 32.1 Å². The van der Waals surface area contributed by atoms with Crippen LogP contribution in [0.25, 0.3) is 0 Å². The van der Waals surface area contributed by atoms with Gasteiger partial charge in [-0.1, -0.05) is 33.1 Å². The first kappa shape index (κ1) is 14.5. The summed E-state index contributed by atoms with van der Waals surface area (Å²) < 4.78 is 0. The van der Waals surface area contributed by atoms with E-state index in [-0.39, 0.29) is 5.91 Å². The van der Waals surface area contributed by atoms with Crippen molar-refractivity contribution >= 4 is 5.91 Å². The van der Waals surface area contributed by atoms with Gasteiger partial charge in [-0.2, -0.15) is 0 Å². The van der Waals surface area contributed by atoms with Crippen LogP contribution in [0.5, 0.6) is 0 Å². The lowest BCUT2D eigenvalue weighted by molar-refractivity contribution is -0.121. The fraction of sp³-hybridized carbons (Fsp3) is 0.929. The second-order valence-corrected chi connectivity index (χ2v) is 5.42. The summed E-state index contributed by atoms with van der Waals surface area (Å²) in [5, 5.41) is 6.40. The summed E-state index contributed by atoms with van der Waals surface area (Å²) in [6.45, 7) is 6.88. The first-order valence-corrected chi connectivity index (χ1v) is 7.18. The largest absolute Gasteiger partial charge is 0.353 e. The molecule has 2 atom stereocenters.